The molecule has 1 aliphatic heterocycles. The van der Waals surface area contributed by atoms with E-state index in [1.54, 1.807) is 0 Å². The predicted molar refractivity (Wildman–Crippen MR) is 150 cm³/mol. The molecule has 198 valence electrons. The standard InChI is InChI=1S/C31H38N6O/c1-19-33-26-15-23(17-32-30(26)34-19)21-8-9-27-22(14-21)7-6-20(11-13-38-27)29-24-16-31(2,3)12-10-25(24)35-28(36-29)18-37(4)5/h8-9,14-15,17,20H,6-7,10-13,16,18H2,1-5H3,(H,32,33,34). The van der Waals surface area contributed by atoms with E-state index in [-0.39, 0.29) is 5.41 Å². The van der Waals surface area contributed by atoms with E-state index < -0.39 is 0 Å². The number of aromatic nitrogens is 5. The Bertz CT molecular complexity index is 1490. The van der Waals surface area contributed by atoms with E-state index >= 15 is 0 Å². The summed E-state index contributed by atoms with van der Waals surface area (Å²) in [4.78, 5) is 24.7. The second kappa shape index (κ2) is 9.77. The van der Waals surface area contributed by atoms with E-state index in [1.165, 1.54) is 28.9 Å². The third kappa shape index (κ3) is 5.04. The van der Waals surface area contributed by atoms with Crippen molar-refractivity contribution in [1.29, 1.82) is 0 Å². The number of nitrogens with zero attached hydrogens (tertiary/aromatic N) is 5. The summed E-state index contributed by atoms with van der Waals surface area (Å²) in [6, 6.07) is 8.68. The minimum Gasteiger partial charge on any atom is -0.493 e. The van der Waals surface area contributed by atoms with Gasteiger partial charge in [-0.25, -0.2) is 19.9 Å². The smallest absolute Gasteiger partial charge is 0.177 e. The van der Waals surface area contributed by atoms with E-state index in [9.17, 15) is 0 Å². The molecule has 0 amide bonds. The Kier molecular flexibility index (Phi) is 6.42. The van der Waals surface area contributed by atoms with Crippen molar-refractivity contribution in [1.82, 2.24) is 29.8 Å². The van der Waals surface area contributed by atoms with Gasteiger partial charge in [0, 0.05) is 23.4 Å². The first kappa shape index (κ1) is 25.0. The number of hydrogen-bond acceptors (Lipinski definition) is 6. The quantitative estimate of drug-likeness (QED) is 0.374. The molecule has 0 spiro atoms. The number of ether oxygens (including phenoxy) is 1. The highest BCUT2D eigenvalue weighted by Crippen LogP contribution is 2.40. The number of H-pyrrole nitrogens is 1. The fraction of sp³-hybridized carbons (Fsp3) is 0.484. The van der Waals surface area contributed by atoms with Gasteiger partial charge in [-0.2, -0.15) is 0 Å². The van der Waals surface area contributed by atoms with Crippen molar-refractivity contribution < 1.29 is 4.74 Å². The lowest BCUT2D eigenvalue weighted by Gasteiger charge is -2.34. The molecule has 0 fully saturated rings. The zero-order valence-corrected chi connectivity index (χ0v) is 23.3. The summed E-state index contributed by atoms with van der Waals surface area (Å²) in [5, 5.41) is 0. The van der Waals surface area contributed by atoms with Crippen molar-refractivity contribution in [2.45, 2.75) is 71.8 Å². The van der Waals surface area contributed by atoms with E-state index in [0.717, 1.165) is 78.3 Å². The molecule has 0 saturated carbocycles. The lowest BCUT2D eigenvalue weighted by molar-refractivity contribution is 0.275. The van der Waals surface area contributed by atoms with E-state index in [1.807, 2.05) is 13.1 Å². The molecule has 2 aliphatic rings. The fourth-order valence-corrected chi connectivity index (χ4v) is 6.05. The number of fused-ring (bicyclic) bond motifs is 3. The molecule has 3 aromatic heterocycles. The highest BCUT2D eigenvalue weighted by molar-refractivity contribution is 5.78. The van der Waals surface area contributed by atoms with Crippen LogP contribution in [0.5, 0.6) is 5.75 Å². The third-order valence-corrected chi connectivity index (χ3v) is 8.04. The Morgan fingerprint density at radius 2 is 1.92 bits per heavy atom. The van der Waals surface area contributed by atoms with Crippen LogP contribution in [-0.2, 0) is 25.8 Å². The molecule has 1 N–H and O–H groups in total. The lowest BCUT2D eigenvalue weighted by Crippen LogP contribution is -2.28. The van der Waals surface area contributed by atoms with E-state index in [0.29, 0.717) is 12.5 Å². The highest BCUT2D eigenvalue weighted by Gasteiger charge is 2.32. The summed E-state index contributed by atoms with van der Waals surface area (Å²) in [6.07, 6.45) is 8.19. The molecule has 7 nitrogen and oxygen atoms in total. The van der Waals surface area contributed by atoms with Gasteiger partial charge in [0.2, 0.25) is 0 Å². The van der Waals surface area contributed by atoms with Crippen LogP contribution in [0.4, 0.5) is 0 Å². The Hall–Kier alpha value is -3.32. The van der Waals surface area contributed by atoms with Crippen LogP contribution < -0.4 is 4.74 Å². The Labute approximate surface area is 225 Å². The molecule has 1 aliphatic carbocycles. The molecule has 0 bridgehead atoms. The molecule has 1 unspecified atom stereocenters. The summed E-state index contributed by atoms with van der Waals surface area (Å²) in [5.41, 5.74) is 9.45. The van der Waals surface area contributed by atoms with Gasteiger partial charge in [0.1, 0.15) is 17.4 Å². The molecule has 1 atom stereocenters. The van der Waals surface area contributed by atoms with Gasteiger partial charge in [-0.3, -0.25) is 0 Å². The number of aryl methyl sites for hydroxylation is 3. The maximum absolute atomic E-state index is 6.34. The first-order chi connectivity index (χ1) is 18.2. The van der Waals surface area contributed by atoms with Crippen molar-refractivity contribution in [2.24, 2.45) is 5.41 Å². The molecule has 0 saturated heterocycles. The number of nitrogens with one attached hydrogen (secondary N) is 1. The minimum absolute atomic E-state index is 0.288. The summed E-state index contributed by atoms with van der Waals surface area (Å²) >= 11 is 0. The number of hydrogen-bond donors (Lipinski definition) is 1. The monoisotopic (exact) mass is 510 g/mol. The molecule has 4 aromatic rings. The number of pyridine rings is 1. The summed E-state index contributed by atoms with van der Waals surface area (Å²) < 4.78 is 6.34. The fourth-order valence-electron chi connectivity index (χ4n) is 6.05. The summed E-state index contributed by atoms with van der Waals surface area (Å²) in [7, 11) is 4.18. The number of aromatic amines is 1. The predicted octanol–water partition coefficient (Wildman–Crippen LogP) is 5.80. The molecule has 6 rings (SSSR count). The number of benzene rings is 1. The van der Waals surface area contributed by atoms with Gasteiger partial charge < -0.3 is 14.6 Å². The zero-order valence-electron chi connectivity index (χ0n) is 23.3. The van der Waals surface area contributed by atoms with Gasteiger partial charge in [-0.15, -0.1) is 0 Å². The van der Waals surface area contributed by atoms with Crippen LogP contribution in [0.15, 0.2) is 30.5 Å². The SMILES string of the molecule is Cc1nc2ncc(-c3ccc4c(c3)CCC(c3nc(CN(C)C)nc5c3CC(C)(C)CC5)CCO4)cc2[nH]1. The molecule has 1 aromatic carbocycles. The molecular weight excluding hydrogens is 472 g/mol. The topological polar surface area (TPSA) is 79.8 Å². The van der Waals surface area contributed by atoms with Gasteiger partial charge in [0.05, 0.1) is 24.4 Å². The Morgan fingerprint density at radius 3 is 2.76 bits per heavy atom. The van der Waals surface area contributed by atoms with Crippen LogP contribution in [-0.4, -0.2) is 50.5 Å². The van der Waals surface area contributed by atoms with Gasteiger partial charge in [0.25, 0.3) is 0 Å². The van der Waals surface area contributed by atoms with E-state index in [2.05, 4.69) is 72.1 Å². The van der Waals surface area contributed by atoms with Gasteiger partial charge in [-0.1, -0.05) is 19.9 Å². The second-order valence-corrected chi connectivity index (χ2v) is 12.1. The second-order valence-electron chi connectivity index (χ2n) is 12.1. The Morgan fingerprint density at radius 1 is 1.05 bits per heavy atom. The molecule has 7 heteroatoms. The van der Waals surface area contributed by atoms with Crippen molar-refractivity contribution in [3.8, 4) is 16.9 Å². The average molecular weight is 511 g/mol. The maximum Gasteiger partial charge on any atom is 0.177 e. The summed E-state index contributed by atoms with van der Waals surface area (Å²) in [6.45, 7) is 8.18. The largest absolute Gasteiger partial charge is 0.493 e. The van der Waals surface area contributed by atoms with Crippen LogP contribution >= 0.6 is 0 Å². The van der Waals surface area contributed by atoms with Crippen LogP contribution in [0, 0.1) is 12.3 Å². The van der Waals surface area contributed by atoms with E-state index in [4.69, 9.17) is 14.7 Å². The van der Waals surface area contributed by atoms with Gasteiger partial charge >= 0.3 is 0 Å². The normalized spacial score (nSPS) is 18.9. The van der Waals surface area contributed by atoms with Crippen LogP contribution in [0.3, 0.4) is 0 Å². The third-order valence-electron chi connectivity index (χ3n) is 8.04. The zero-order chi connectivity index (χ0) is 26.4. The minimum atomic E-state index is 0.288. The highest BCUT2D eigenvalue weighted by atomic mass is 16.5. The summed E-state index contributed by atoms with van der Waals surface area (Å²) in [5.74, 6) is 3.19. The Balaban J connectivity index is 1.31. The first-order valence-electron chi connectivity index (χ1n) is 13.9. The van der Waals surface area contributed by atoms with Crippen molar-refractivity contribution in [2.75, 3.05) is 20.7 Å². The lowest BCUT2D eigenvalue weighted by atomic mass is 9.74. The molecule has 38 heavy (non-hydrogen) atoms. The number of rotatable bonds is 4. The van der Waals surface area contributed by atoms with Gasteiger partial charge in [-0.05, 0) is 99.8 Å². The molecular formula is C31H38N6O. The van der Waals surface area contributed by atoms with Crippen molar-refractivity contribution in [3.63, 3.8) is 0 Å². The van der Waals surface area contributed by atoms with Crippen LogP contribution in [0.2, 0.25) is 0 Å². The van der Waals surface area contributed by atoms with Crippen LogP contribution in [0.1, 0.15) is 73.2 Å². The van der Waals surface area contributed by atoms with Crippen molar-refractivity contribution in [3.05, 3.63) is 64.6 Å². The van der Waals surface area contributed by atoms with Crippen LogP contribution in [0.25, 0.3) is 22.3 Å². The first-order valence-corrected chi connectivity index (χ1v) is 13.9. The molecule has 0 radical (unpaired) electrons. The van der Waals surface area contributed by atoms with Crippen molar-refractivity contribution >= 4 is 11.2 Å². The number of imidazole rings is 1. The maximum atomic E-state index is 6.34. The molecule has 4 heterocycles. The van der Waals surface area contributed by atoms with Gasteiger partial charge in [0.15, 0.2) is 5.65 Å². The average Bonchev–Trinajstić information content (AvgIpc) is 3.23.